The van der Waals surface area contributed by atoms with Crippen LogP contribution in [0.2, 0.25) is 5.02 Å². The Morgan fingerprint density at radius 2 is 2.29 bits per heavy atom. The van der Waals surface area contributed by atoms with Crippen LogP contribution < -0.4 is 10.5 Å². The van der Waals surface area contributed by atoms with Crippen LogP contribution in [0.5, 0.6) is 5.75 Å². The van der Waals surface area contributed by atoms with Gasteiger partial charge in [0, 0.05) is 11.3 Å². The van der Waals surface area contributed by atoms with Crippen LogP contribution >= 0.6 is 24.2 Å². The fourth-order valence-corrected chi connectivity index (χ4v) is 1.43. The van der Waals surface area contributed by atoms with Crippen molar-refractivity contribution < 1.29 is 9.13 Å². The summed E-state index contributed by atoms with van der Waals surface area (Å²) >= 11 is 9.62. The van der Waals surface area contributed by atoms with Crippen molar-refractivity contribution in [2.24, 2.45) is 5.73 Å². The number of halogens is 2. The number of ether oxygens (including phenoxy) is 1. The minimum absolute atomic E-state index is 0.0161. The van der Waals surface area contributed by atoms with E-state index in [0.29, 0.717) is 11.3 Å². The van der Waals surface area contributed by atoms with Crippen LogP contribution in [0.15, 0.2) is 17.5 Å². The van der Waals surface area contributed by atoms with Gasteiger partial charge >= 0.3 is 0 Å². The van der Waals surface area contributed by atoms with E-state index in [0.717, 1.165) is 0 Å². The zero-order chi connectivity index (χ0) is 10.7. The molecular weight excluding hydrogens is 225 g/mol. The van der Waals surface area contributed by atoms with Gasteiger partial charge in [-0.2, -0.15) is 0 Å². The van der Waals surface area contributed by atoms with E-state index in [1.807, 2.05) is 0 Å². The first kappa shape index (κ1) is 11.2. The summed E-state index contributed by atoms with van der Waals surface area (Å²) in [7, 11) is 1.35. The van der Waals surface area contributed by atoms with Crippen molar-refractivity contribution in [2.45, 2.75) is 0 Å². The molecule has 0 unspecified atom stereocenters. The summed E-state index contributed by atoms with van der Waals surface area (Å²) in [6.07, 6.45) is 0. The van der Waals surface area contributed by atoms with E-state index in [1.54, 1.807) is 0 Å². The van der Waals surface area contributed by atoms with E-state index in [4.69, 9.17) is 22.1 Å². The van der Waals surface area contributed by atoms with Gasteiger partial charge in [-0.1, -0.05) is 11.6 Å². The second-order valence-corrected chi connectivity index (χ2v) is 3.22. The number of nitrogens with two attached hydrogens (primary N) is 1. The van der Waals surface area contributed by atoms with E-state index in [9.17, 15) is 4.39 Å². The molecule has 14 heavy (non-hydrogen) atoms. The minimum atomic E-state index is -0.548. The summed E-state index contributed by atoms with van der Waals surface area (Å²) in [6.45, 7) is 0. The minimum Gasteiger partial charge on any atom is -0.492 e. The highest BCUT2D eigenvalue weighted by Gasteiger charge is 2.10. The second-order valence-electron chi connectivity index (χ2n) is 2.56. The molecular formula is C9H9ClFNOS. The van der Waals surface area contributed by atoms with E-state index in [-0.39, 0.29) is 10.8 Å². The van der Waals surface area contributed by atoms with Crippen molar-refractivity contribution in [3.63, 3.8) is 0 Å². The number of hydrogen-bond acceptors (Lipinski definition) is 3. The lowest BCUT2D eigenvalue weighted by Crippen LogP contribution is -1.98. The molecule has 0 bridgehead atoms. The lowest BCUT2D eigenvalue weighted by Gasteiger charge is -2.07. The summed E-state index contributed by atoms with van der Waals surface area (Å²) in [4.78, 5) is 0. The van der Waals surface area contributed by atoms with Gasteiger partial charge in [-0.15, -0.1) is 12.6 Å². The van der Waals surface area contributed by atoms with E-state index in [2.05, 4.69) is 12.6 Å². The number of methoxy groups -OCH3 is 1. The Balaban J connectivity index is 3.27. The Bertz CT molecular complexity index is 358. The zero-order valence-electron chi connectivity index (χ0n) is 7.42. The average molecular weight is 234 g/mol. The van der Waals surface area contributed by atoms with E-state index < -0.39 is 5.82 Å². The molecule has 0 fully saturated rings. The SMILES string of the molecule is COc1c(F)cc(/C(N)=C/S)cc1Cl. The molecule has 1 aromatic rings. The van der Waals surface area contributed by atoms with Gasteiger partial charge in [0.1, 0.15) is 0 Å². The molecule has 5 heteroatoms. The molecule has 1 aromatic carbocycles. The number of rotatable bonds is 2. The number of hydrogen-bond donors (Lipinski definition) is 2. The topological polar surface area (TPSA) is 35.2 Å². The van der Waals surface area contributed by atoms with Gasteiger partial charge in [0.15, 0.2) is 11.6 Å². The molecule has 1 rings (SSSR count). The standard InChI is InChI=1S/C9H9ClFNOS/c1-13-9-6(10)2-5(3-7(9)11)8(12)4-14/h2-4,14H,12H2,1H3/b8-4-. The lowest BCUT2D eigenvalue weighted by atomic mass is 10.1. The first-order valence-corrected chi connectivity index (χ1v) is 4.62. The van der Waals surface area contributed by atoms with Crippen LogP contribution in [0.3, 0.4) is 0 Å². The molecule has 0 aliphatic heterocycles. The second kappa shape index (κ2) is 4.57. The van der Waals surface area contributed by atoms with Crippen molar-refractivity contribution >= 4 is 29.9 Å². The normalized spacial score (nSPS) is 11.6. The smallest absolute Gasteiger partial charge is 0.173 e. The van der Waals surface area contributed by atoms with Crippen LogP contribution in [-0.2, 0) is 0 Å². The molecule has 0 saturated carbocycles. The Labute approximate surface area is 91.9 Å². The summed E-state index contributed by atoms with van der Waals surface area (Å²) in [5, 5.41) is 1.55. The van der Waals surface area contributed by atoms with Crippen molar-refractivity contribution in [3.05, 3.63) is 33.9 Å². The van der Waals surface area contributed by atoms with Crippen LogP contribution in [0.4, 0.5) is 4.39 Å². The predicted octanol–water partition coefficient (Wildman–Crippen LogP) is 2.67. The quantitative estimate of drug-likeness (QED) is 0.771. The third kappa shape index (κ3) is 2.13. The van der Waals surface area contributed by atoms with E-state index in [1.165, 1.54) is 24.7 Å². The summed E-state index contributed by atoms with van der Waals surface area (Å²) in [6, 6.07) is 2.76. The average Bonchev–Trinajstić information content (AvgIpc) is 2.16. The first-order chi connectivity index (χ1) is 6.60. The maximum absolute atomic E-state index is 13.3. The highest BCUT2D eigenvalue weighted by molar-refractivity contribution is 7.83. The van der Waals surface area contributed by atoms with Gasteiger partial charge in [0.25, 0.3) is 0 Å². The molecule has 0 aliphatic carbocycles. The Morgan fingerprint density at radius 3 is 2.71 bits per heavy atom. The number of benzene rings is 1. The highest BCUT2D eigenvalue weighted by atomic mass is 35.5. The third-order valence-corrected chi connectivity index (χ3v) is 2.23. The highest BCUT2D eigenvalue weighted by Crippen LogP contribution is 2.30. The van der Waals surface area contributed by atoms with Crippen molar-refractivity contribution in [2.75, 3.05) is 7.11 Å². The zero-order valence-corrected chi connectivity index (χ0v) is 9.07. The van der Waals surface area contributed by atoms with Crippen molar-refractivity contribution in [3.8, 4) is 5.75 Å². The summed E-state index contributed by atoms with van der Waals surface area (Å²) in [5.74, 6) is -0.532. The molecule has 0 heterocycles. The van der Waals surface area contributed by atoms with Crippen molar-refractivity contribution in [1.29, 1.82) is 0 Å². The first-order valence-electron chi connectivity index (χ1n) is 3.73. The molecule has 0 amide bonds. The fraction of sp³-hybridized carbons (Fsp3) is 0.111. The van der Waals surface area contributed by atoms with Gasteiger partial charge in [-0.3, -0.25) is 0 Å². The number of thiol groups is 1. The Hall–Kier alpha value is -0.870. The molecule has 0 radical (unpaired) electrons. The monoisotopic (exact) mass is 233 g/mol. The maximum Gasteiger partial charge on any atom is 0.173 e. The molecule has 0 atom stereocenters. The van der Waals surface area contributed by atoms with Crippen molar-refractivity contribution in [1.82, 2.24) is 0 Å². The lowest BCUT2D eigenvalue weighted by molar-refractivity contribution is 0.386. The molecule has 0 saturated heterocycles. The summed E-state index contributed by atoms with van der Waals surface area (Å²) < 4.78 is 18.0. The Kier molecular flexibility index (Phi) is 3.66. The van der Waals surface area contributed by atoms with Gasteiger partial charge in [-0.25, -0.2) is 4.39 Å². The Morgan fingerprint density at radius 1 is 1.64 bits per heavy atom. The fourth-order valence-electron chi connectivity index (χ4n) is 0.996. The summed E-state index contributed by atoms with van der Waals surface area (Å²) in [5.41, 5.74) is 6.36. The molecule has 0 aliphatic rings. The molecule has 76 valence electrons. The van der Waals surface area contributed by atoms with Gasteiger partial charge < -0.3 is 10.5 Å². The maximum atomic E-state index is 13.3. The van der Waals surface area contributed by atoms with Gasteiger partial charge in [0.2, 0.25) is 0 Å². The van der Waals surface area contributed by atoms with Gasteiger partial charge in [0.05, 0.1) is 12.1 Å². The largest absolute Gasteiger partial charge is 0.492 e. The molecule has 0 spiro atoms. The van der Waals surface area contributed by atoms with Crippen LogP contribution in [0.1, 0.15) is 5.56 Å². The third-order valence-electron chi connectivity index (χ3n) is 1.67. The van der Waals surface area contributed by atoms with Gasteiger partial charge in [-0.05, 0) is 17.5 Å². The molecule has 0 aromatic heterocycles. The molecule has 2 nitrogen and oxygen atoms in total. The predicted molar refractivity (Wildman–Crippen MR) is 59.1 cm³/mol. The molecule has 2 N–H and O–H groups in total. The van der Waals surface area contributed by atoms with Crippen LogP contribution in [0.25, 0.3) is 5.70 Å². The van der Waals surface area contributed by atoms with E-state index >= 15 is 0 Å². The van der Waals surface area contributed by atoms with Crippen LogP contribution in [0, 0.1) is 5.82 Å². The van der Waals surface area contributed by atoms with Crippen LogP contribution in [-0.4, -0.2) is 7.11 Å².